The maximum Gasteiger partial charge on any atom is 0.191 e. The molecule has 0 fully saturated rings. The Morgan fingerprint density at radius 2 is 2.29 bits per heavy atom. The Morgan fingerprint density at radius 3 is 3.00 bits per heavy atom. The summed E-state index contributed by atoms with van der Waals surface area (Å²) in [6.07, 6.45) is 0.912. The first-order valence-corrected chi connectivity index (χ1v) is 5.87. The van der Waals surface area contributed by atoms with Crippen LogP contribution in [0.25, 0.3) is 0 Å². The molecule has 1 heterocycles. The summed E-state index contributed by atoms with van der Waals surface area (Å²) in [6, 6.07) is 3.84. The van der Waals surface area contributed by atoms with Crippen molar-refractivity contribution in [2.24, 2.45) is 10.7 Å². The molecular weight excluding hydrogens is 238 g/mol. The Kier molecular flexibility index (Phi) is 3.43. The van der Waals surface area contributed by atoms with Crippen LogP contribution in [0, 0.1) is 0 Å². The number of nitrogens with zero attached hydrogens (tertiary/aromatic N) is 2. The molecule has 0 bridgehead atoms. The van der Waals surface area contributed by atoms with E-state index in [4.69, 9.17) is 22.1 Å². The Bertz CT molecular complexity index is 457. The van der Waals surface area contributed by atoms with E-state index in [-0.39, 0.29) is 0 Å². The molecule has 0 spiro atoms. The van der Waals surface area contributed by atoms with Crippen molar-refractivity contribution in [3.63, 3.8) is 0 Å². The molecule has 2 N–H and O–H groups in total. The molecule has 0 aromatic heterocycles. The van der Waals surface area contributed by atoms with E-state index < -0.39 is 0 Å². The Morgan fingerprint density at radius 1 is 1.53 bits per heavy atom. The van der Waals surface area contributed by atoms with Gasteiger partial charge >= 0.3 is 0 Å². The van der Waals surface area contributed by atoms with E-state index in [1.54, 1.807) is 4.90 Å². The van der Waals surface area contributed by atoms with E-state index >= 15 is 0 Å². The van der Waals surface area contributed by atoms with Crippen molar-refractivity contribution >= 4 is 17.6 Å². The number of guanidine groups is 1. The average molecular weight is 254 g/mol. The molecule has 0 saturated heterocycles. The number of rotatable bonds is 2. The molecule has 17 heavy (non-hydrogen) atoms. The zero-order chi connectivity index (χ0) is 12.4. The zero-order valence-corrected chi connectivity index (χ0v) is 10.8. The van der Waals surface area contributed by atoms with Gasteiger partial charge in [0.15, 0.2) is 5.96 Å². The third-order valence-electron chi connectivity index (χ3n) is 2.69. The van der Waals surface area contributed by atoms with Crippen LogP contribution in [0.15, 0.2) is 17.1 Å². The van der Waals surface area contributed by atoms with Gasteiger partial charge in [0.1, 0.15) is 5.75 Å². The van der Waals surface area contributed by atoms with Crippen LogP contribution in [-0.4, -0.2) is 31.6 Å². The molecule has 0 aliphatic carbocycles. The molecular formula is C12H16ClN3O. The lowest BCUT2D eigenvalue weighted by atomic mass is 10.1. The van der Waals surface area contributed by atoms with E-state index in [0.717, 1.165) is 34.9 Å². The standard InChI is InChI=1S/C12H16ClN3O/c1-16(2)12(14)15-7-9-6-10(13)5-8-3-4-17-11(8)9/h5-6H,3-4,7H2,1-2H3,(H2,14,15). The molecule has 0 saturated carbocycles. The number of ether oxygens (including phenoxy) is 1. The number of halogens is 1. The molecule has 0 radical (unpaired) electrons. The van der Waals surface area contributed by atoms with Crippen LogP contribution in [0.1, 0.15) is 11.1 Å². The van der Waals surface area contributed by atoms with E-state index in [2.05, 4.69) is 4.99 Å². The molecule has 1 aliphatic heterocycles. The van der Waals surface area contributed by atoms with Crippen molar-refractivity contribution in [1.29, 1.82) is 0 Å². The molecule has 5 heteroatoms. The predicted molar refractivity (Wildman–Crippen MR) is 69.7 cm³/mol. The van der Waals surface area contributed by atoms with Gasteiger partial charge in [-0.1, -0.05) is 11.6 Å². The molecule has 92 valence electrons. The first kappa shape index (κ1) is 12.0. The van der Waals surface area contributed by atoms with Gasteiger partial charge in [-0.3, -0.25) is 0 Å². The van der Waals surface area contributed by atoms with Crippen LogP contribution in [0.2, 0.25) is 5.02 Å². The fraction of sp³-hybridized carbons (Fsp3) is 0.417. The lowest BCUT2D eigenvalue weighted by molar-refractivity contribution is 0.353. The van der Waals surface area contributed by atoms with Gasteiger partial charge in [-0.15, -0.1) is 0 Å². The van der Waals surface area contributed by atoms with Gasteiger partial charge in [0, 0.05) is 31.1 Å². The zero-order valence-electron chi connectivity index (χ0n) is 10.0. The Labute approximate surface area is 106 Å². The summed E-state index contributed by atoms with van der Waals surface area (Å²) in [5.41, 5.74) is 7.90. The smallest absolute Gasteiger partial charge is 0.191 e. The van der Waals surface area contributed by atoms with Crippen molar-refractivity contribution in [3.05, 3.63) is 28.3 Å². The topological polar surface area (TPSA) is 50.8 Å². The van der Waals surface area contributed by atoms with Crippen LogP contribution in [0.5, 0.6) is 5.75 Å². The minimum absolute atomic E-state index is 0.493. The maximum atomic E-state index is 6.06. The SMILES string of the molecule is CN(C)C(N)=NCc1cc(Cl)cc2c1OCC2. The minimum atomic E-state index is 0.493. The molecule has 1 aromatic carbocycles. The summed E-state index contributed by atoms with van der Waals surface area (Å²) in [6.45, 7) is 1.21. The molecule has 0 unspecified atom stereocenters. The second kappa shape index (κ2) is 4.84. The largest absolute Gasteiger partial charge is 0.493 e. The Balaban J connectivity index is 2.25. The van der Waals surface area contributed by atoms with Crippen LogP contribution < -0.4 is 10.5 Å². The monoisotopic (exact) mass is 253 g/mol. The van der Waals surface area contributed by atoms with Gasteiger partial charge in [0.25, 0.3) is 0 Å². The molecule has 0 amide bonds. The second-order valence-corrected chi connectivity index (χ2v) is 4.66. The number of fused-ring (bicyclic) bond motifs is 1. The number of aliphatic imine (C=N–C) groups is 1. The maximum absolute atomic E-state index is 6.06. The highest BCUT2D eigenvalue weighted by Crippen LogP contribution is 2.33. The van der Waals surface area contributed by atoms with Gasteiger partial charge < -0.3 is 15.4 Å². The first-order valence-electron chi connectivity index (χ1n) is 5.49. The normalized spacial score (nSPS) is 14.4. The number of hydrogen-bond acceptors (Lipinski definition) is 2. The first-order chi connectivity index (χ1) is 8.08. The highest BCUT2D eigenvalue weighted by Gasteiger charge is 2.17. The molecule has 2 rings (SSSR count). The minimum Gasteiger partial charge on any atom is -0.493 e. The summed E-state index contributed by atoms with van der Waals surface area (Å²) < 4.78 is 5.60. The van der Waals surface area contributed by atoms with E-state index in [0.29, 0.717) is 12.5 Å². The van der Waals surface area contributed by atoms with Gasteiger partial charge in [-0.05, 0) is 17.7 Å². The van der Waals surface area contributed by atoms with Crippen LogP contribution in [-0.2, 0) is 13.0 Å². The lowest BCUT2D eigenvalue weighted by Crippen LogP contribution is -2.30. The van der Waals surface area contributed by atoms with Crippen LogP contribution in [0.4, 0.5) is 0 Å². The van der Waals surface area contributed by atoms with Crippen LogP contribution >= 0.6 is 11.6 Å². The van der Waals surface area contributed by atoms with E-state index in [9.17, 15) is 0 Å². The summed E-state index contributed by atoms with van der Waals surface area (Å²) in [4.78, 5) is 6.06. The third-order valence-corrected chi connectivity index (χ3v) is 2.91. The number of hydrogen-bond donors (Lipinski definition) is 1. The summed E-state index contributed by atoms with van der Waals surface area (Å²) in [5, 5.41) is 0.725. The third kappa shape index (κ3) is 2.64. The number of benzene rings is 1. The van der Waals surface area contributed by atoms with E-state index in [1.165, 1.54) is 0 Å². The Hall–Kier alpha value is -1.42. The average Bonchev–Trinajstić information content (AvgIpc) is 2.72. The summed E-state index contributed by atoms with van der Waals surface area (Å²) in [5.74, 6) is 1.42. The fourth-order valence-corrected chi connectivity index (χ4v) is 2.03. The summed E-state index contributed by atoms with van der Waals surface area (Å²) in [7, 11) is 3.72. The van der Waals surface area contributed by atoms with Crippen molar-refractivity contribution < 1.29 is 4.74 Å². The van der Waals surface area contributed by atoms with Crippen molar-refractivity contribution in [2.75, 3.05) is 20.7 Å². The predicted octanol–water partition coefficient (Wildman–Crippen LogP) is 1.65. The molecule has 1 aliphatic rings. The van der Waals surface area contributed by atoms with Gasteiger partial charge in [-0.2, -0.15) is 0 Å². The van der Waals surface area contributed by atoms with Gasteiger partial charge in [0.2, 0.25) is 0 Å². The van der Waals surface area contributed by atoms with E-state index in [1.807, 2.05) is 26.2 Å². The highest BCUT2D eigenvalue weighted by atomic mass is 35.5. The van der Waals surface area contributed by atoms with Crippen molar-refractivity contribution in [3.8, 4) is 5.75 Å². The van der Waals surface area contributed by atoms with Gasteiger partial charge in [-0.25, -0.2) is 4.99 Å². The van der Waals surface area contributed by atoms with Crippen molar-refractivity contribution in [2.45, 2.75) is 13.0 Å². The van der Waals surface area contributed by atoms with Gasteiger partial charge in [0.05, 0.1) is 13.2 Å². The quantitative estimate of drug-likeness (QED) is 0.644. The molecule has 1 aromatic rings. The lowest BCUT2D eigenvalue weighted by Gasteiger charge is -2.11. The fourth-order valence-electron chi connectivity index (χ4n) is 1.77. The molecule has 4 nitrogen and oxygen atoms in total. The molecule has 0 atom stereocenters. The van der Waals surface area contributed by atoms with Crippen LogP contribution in [0.3, 0.4) is 0 Å². The summed E-state index contributed by atoms with van der Waals surface area (Å²) >= 11 is 6.06. The second-order valence-electron chi connectivity index (χ2n) is 4.22. The highest BCUT2D eigenvalue weighted by molar-refractivity contribution is 6.30. The number of nitrogens with two attached hydrogens (primary N) is 1. The van der Waals surface area contributed by atoms with Crippen molar-refractivity contribution in [1.82, 2.24) is 4.90 Å².